The average Bonchev–Trinajstić information content (AvgIpc) is 3.04. The average molecular weight is 697 g/mol. The summed E-state index contributed by atoms with van der Waals surface area (Å²) < 4.78 is 42.9. The highest BCUT2D eigenvalue weighted by Crippen LogP contribution is 2.24. The molecule has 4 rings (SSSR count). The first-order valence-corrected chi connectivity index (χ1v) is 15.4. The van der Waals surface area contributed by atoms with Gasteiger partial charge in [0.2, 0.25) is 5.91 Å². The number of hydrogen-bond acceptors (Lipinski definition) is 5. The van der Waals surface area contributed by atoms with Gasteiger partial charge >= 0.3 is 12.1 Å². The topological polar surface area (TPSA) is 102 Å². The summed E-state index contributed by atoms with van der Waals surface area (Å²) in [5.41, 5.74) is 10.3. The lowest BCUT2D eigenvalue weighted by Gasteiger charge is -2.24. The van der Waals surface area contributed by atoms with Gasteiger partial charge in [0.15, 0.2) is 0 Å². The molecule has 4 aromatic rings. The molecule has 11 heteroatoms. The number of carbonyl (C=O) groups excluding carboxylic acids is 3. The number of alkyl halides is 3. The molecule has 0 atom stereocenters. The third-order valence-electron chi connectivity index (χ3n) is 7.08. The Hall–Kier alpha value is -4.48. The quantitative estimate of drug-likeness (QED) is 0.0948. The molecule has 2 amide bonds. The maximum atomic E-state index is 13.6. The number of nitrogens with one attached hydrogen (secondary N) is 1. The molecule has 0 unspecified atom stereocenters. The summed E-state index contributed by atoms with van der Waals surface area (Å²) in [6.45, 7) is 1.63. The fourth-order valence-corrected chi connectivity index (χ4v) is 4.91. The molecular formula is C35H33BrF3N3O4. The second-order valence-corrected chi connectivity index (χ2v) is 11.5. The first-order chi connectivity index (χ1) is 22.0. The molecule has 0 fully saturated rings. The smallest absolute Gasteiger partial charge is 0.420 e. The zero-order valence-corrected chi connectivity index (χ0v) is 26.4. The van der Waals surface area contributed by atoms with Crippen molar-refractivity contribution in [3.05, 3.63) is 124 Å². The van der Waals surface area contributed by atoms with Crippen molar-refractivity contribution in [2.45, 2.75) is 32.0 Å². The van der Waals surface area contributed by atoms with E-state index in [-0.39, 0.29) is 24.0 Å². The minimum Gasteiger partial charge on any atom is -0.420 e. The zero-order chi connectivity index (χ0) is 33.1. The van der Waals surface area contributed by atoms with Gasteiger partial charge in [0, 0.05) is 29.7 Å². The highest BCUT2D eigenvalue weighted by Gasteiger charge is 2.41. The zero-order valence-electron chi connectivity index (χ0n) is 24.9. The van der Waals surface area contributed by atoms with E-state index in [1.807, 2.05) is 66.7 Å². The lowest BCUT2D eigenvalue weighted by molar-refractivity contribution is -0.189. The molecule has 0 aromatic heterocycles. The highest BCUT2D eigenvalue weighted by atomic mass is 79.9. The maximum absolute atomic E-state index is 13.6. The summed E-state index contributed by atoms with van der Waals surface area (Å²) in [6.07, 6.45) is -3.80. The molecule has 240 valence electrons. The van der Waals surface area contributed by atoms with E-state index in [1.165, 1.54) is 12.1 Å². The Morgan fingerprint density at radius 2 is 1.48 bits per heavy atom. The van der Waals surface area contributed by atoms with Gasteiger partial charge in [0.05, 0.1) is 6.42 Å². The Bertz CT molecular complexity index is 1640. The largest absolute Gasteiger partial charge is 0.491 e. The van der Waals surface area contributed by atoms with Gasteiger partial charge in [0.25, 0.3) is 5.91 Å². The first-order valence-electron chi connectivity index (χ1n) is 14.6. The van der Waals surface area contributed by atoms with Crippen LogP contribution in [0.2, 0.25) is 0 Å². The van der Waals surface area contributed by atoms with Crippen molar-refractivity contribution in [1.82, 2.24) is 10.2 Å². The van der Waals surface area contributed by atoms with Crippen molar-refractivity contribution in [1.29, 1.82) is 0 Å². The van der Waals surface area contributed by atoms with E-state index in [4.69, 9.17) is 5.73 Å². The van der Waals surface area contributed by atoms with Crippen LogP contribution < -0.4 is 15.8 Å². The normalized spacial score (nSPS) is 11.2. The molecule has 0 spiro atoms. The molecule has 7 nitrogen and oxygen atoms in total. The highest BCUT2D eigenvalue weighted by molar-refractivity contribution is 9.10. The molecule has 0 saturated heterocycles. The Morgan fingerprint density at radius 1 is 0.826 bits per heavy atom. The SMILES string of the molecule is NCCCNC(=O)c1cccc(-c2cccc(CN(CCc3ccc(OC(=O)C(F)(F)F)cc3)C(=O)Cc3ccc(Br)cc3)c2)c1. The van der Waals surface area contributed by atoms with Crippen molar-refractivity contribution in [3.8, 4) is 16.9 Å². The summed E-state index contributed by atoms with van der Waals surface area (Å²) in [7, 11) is 0. The van der Waals surface area contributed by atoms with E-state index >= 15 is 0 Å². The molecule has 0 aliphatic heterocycles. The van der Waals surface area contributed by atoms with Gasteiger partial charge < -0.3 is 20.7 Å². The van der Waals surface area contributed by atoms with Crippen molar-refractivity contribution >= 4 is 33.7 Å². The third kappa shape index (κ3) is 10.3. The van der Waals surface area contributed by atoms with Crippen molar-refractivity contribution in [3.63, 3.8) is 0 Å². The van der Waals surface area contributed by atoms with E-state index < -0.39 is 12.1 Å². The van der Waals surface area contributed by atoms with Gasteiger partial charge in [-0.2, -0.15) is 13.2 Å². The van der Waals surface area contributed by atoms with E-state index in [9.17, 15) is 27.6 Å². The van der Waals surface area contributed by atoms with Gasteiger partial charge in [-0.3, -0.25) is 9.59 Å². The minimum absolute atomic E-state index is 0.0976. The summed E-state index contributed by atoms with van der Waals surface area (Å²) in [6, 6.07) is 28.3. The minimum atomic E-state index is -5.09. The van der Waals surface area contributed by atoms with Crippen LogP contribution in [0.5, 0.6) is 5.75 Å². The molecule has 0 aliphatic carbocycles. The predicted octanol–water partition coefficient (Wildman–Crippen LogP) is 6.48. The number of benzene rings is 4. The Labute approximate surface area is 273 Å². The van der Waals surface area contributed by atoms with Gasteiger partial charge in [-0.25, -0.2) is 4.79 Å². The van der Waals surface area contributed by atoms with Crippen LogP contribution in [0.3, 0.4) is 0 Å². The molecule has 0 radical (unpaired) electrons. The van der Waals surface area contributed by atoms with Crippen molar-refractivity contribution in [2.24, 2.45) is 5.73 Å². The summed E-state index contributed by atoms with van der Waals surface area (Å²) in [5, 5.41) is 2.86. The van der Waals surface area contributed by atoms with Gasteiger partial charge in [-0.15, -0.1) is 0 Å². The fraction of sp³-hybridized carbons (Fsp3) is 0.229. The summed E-state index contributed by atoms with van der Waals surface area (Å²) in [4.78, 5) is 39.0. The van der Waals surface area contributed by atoms with Crippen LogP contribution in [0.15, 0.2) is 102 Å². The molecule has 3 N–H and O–H groups in total. The number of nitrogens with two attached hydrogens (primary N) is 1. The second kappa shape index (κ2) is 16.2. The number of amides is 2. The monoisotopic (exact) mass is 695 g/mol. The third-order valence-corrected chi connectivity index (χ3v) is 7.61. The summed E-state index contributed by atoms with van der Waals surface area (Å²) >= 11 is 3.41. The number of rotatable bonds is 13. The maximum Gasteiger partial charge on any atom is 0.491 e. The molecule has 0 heterocycles. The Kier molecular flexibility index (Phi) is 12.1. The van der Waals surface area contributed by atoms with Crippen LogP contribution >= 0.6 is 15.9 Å². The Balaban J connectivity index is 1.50. The number of hydrogen-bond donors (Lipinski definition) is 2. The van der Waals surface area contributed by atoms with E-state index in [1.54, 1.807) is 23.1 Å². The molecule has 0 bridgehead atoms. The fourth-order valence-electron chi connectivity index (χ4n) is 4.65. The van der Waals surface area contributed by atoms with Gasteiger partial charge in [-0.1, -0.05) is 70.5 Å². The van der Waals surface area contributed by atoms with Crippen LogP contribution in [-0.4, -0.2) is 48.5 Å². The number of ether oxygens (including phenoxy) is 1. The number of carbonyl (C=O) groups is 3. The standard InChI is InChI=1S/C35H33BrF3N3O4/c36-30-12-8-25(9-13-30)21-32(43)42(19-16-24-10-14-31(15-11-24)46-34(45)35(37,38)39)23-26-4-1-5-27(20-26)28-6-2-7-29(22-28)33(44)41-18-3-17-40/h1-2,4-15,20,22H,3,16-19,21,23,40H2,(H,41,44). The lowest BCUT2D eigenvalue weighted by atomic mass is 10.0. The van der Waals surface area contributed by atoms with Crippen molar-refractivity contribution < 1.29 is 32.3 Å². The van der Waals surface area contributed by atoms with E-state index in [0.29, 0.717) is 44.6 Å². The Morgan fingerprint density at radius 3 is 2.15 bits per heavy atom. The first kappa shape index (κ1) is 34.4. The molecule has 4 aromatic carbocycles. The van der Waals surface area contributed by atoms with Crippen LogP contribution in [-0.2, 0) is 29.0 Å². The van der Waals surface area contributed by atoms with E-state index in [0.717, 1.165) is 32.3 Å². The molecule has 46 heavy (non-hydrogen) atoms. The number of halogens is 4. The molecule has 0 saturated carbocycles. The van der Waals surface area contributed by atoms with E-state index in [2.05, 4.69) is 26.0 Å². The number of esters is 1. The predicted molar refractivity (Wildman–Crippen MR) is 173 cm³/mol. The van der Waals surface area contributed by atoms with Crippen LogP contribution in [0.25, 0.3) is 11.1 Å². The molecule has 0 aliphatic rings. The lowest BCUT2D eigenvalue weighted by Crippen LogP contribution is -2.33. The van der Waals surface area contributed by atoms with Crippen molar-refractivity contribution in [2.75, 3.05) is 19.6 Å². The van der Waals surface area contributed by atoms with Crippen LogP contribution in [0.1, 0.15) is 33.5 Å². The molecular weight excluding hydrogens is 663 g/mol. The van der Waals surface area contributed by atoms with Crippen LogP contribution in [0.4, 0.5) is 13.2 Å². The van der Waals surface area contributed by atoms with Gasteiger partial charge in [-0.05, 0) is 89.7 Å². The second-order valence-electron chi connectivity index (χ2n) is 10.6. The van der Waals surface area contributed by atoms with Gasteiger partial charge in [0.1, 0.15) is 5.75 Å². The number of nitrogens with zero attached hydrogens (tertiary/aromatic N) is 1. The van der Waals surface area contributed by atoms with Crippen LogP contribution in [0, 0.1) is 0 Å². The summed E-state index contributed by atoms with van der Waals surface area (Å²) in [5.74, 6) is -2.78.